The van der Waals surface area contributed by atoms with Gasteiger partial charge in [0.1, 0.15) is 0 Å². The minimum atomic E-state index is -3.90. The van der Waals surface area contributed by atoms with Crippen LogP contribution in [0.25, 0.3) is 0 Å². The molecule has 1 amide bonds. The highest BCUT2D eigenvalue weighted by atomic mass is 35.7. The van der Waals surface area contributed by atoms with Crippen LogP contribution < -0.4 is 0 Å². The molecule has 86 valence electrons. The molecular formula is C8H12ClNO3S2. The second-order valence-electron chi connectivity index (χ2n) is 4.12. The molecule has 2 aliphatic heterocycles. The topological polar surface area (TPSA) is 54.5 Å². The number of carbonyl (C=O) groups excluding carboxylic acids is 1. The van der Waals surface area contributed by atoms with Gasteiger partial charge >= 0.3 is 9.24 Å². The number of nitrogens with zero attached hydrogens (tertiary/aromatic N) is 1. The molecule has 0 N–H and O–H groups in total. The van der Waals surface area contributed by atoms with Gasteiger partial charge in [0.05, 0.1) is 12.5 Å². The van der Waals surface area contributed by atoms with Gasteiger partial charge in [0.15, 0.2) is 0 Å². The zero-order valence-electron chi connectivity index (χ0n) is 8.27. The van der Waals surface area contributed by atoms with E-state index in [1.807, 2.05) is 6.92 Å². The second-order valence-corrected chi connectivity index (χ2v) is 8.13. The normalized spacial score (nSPS) is 36.8. The van der Waals surface area contributed by atoms with Crippen LogP contribution in [0.4, 0.5) is 0 Å². The summed E-state index contributed by atoms with van der Waals surface area (Å²) in [4.78, 5) is 11.2. The number of β-lactam (4-membered cyclic amide) rings is 1. The number of hydrogen-bond acceptors (Lipinski definition) is 4. The minimum absolute atomic E-state index is 0.143. The SMILES string of the molecule is CC1(C2CC(=O)N2S(=O)(=O)Cl)CCCS1. The lowest BCUT2D eigenvalue weighted by atomic mass is 9.88. The summed E-state index contributed by atoms with van der Waals surface area (Å²) in [7, 11) is 1.34. The molecule has 2 rings (SSSR count). The van der Waals surface area contributed by atoms with Gasteiger partial charge in [-0.3, -0.25) is 4.79 Å². The fraction of sp³-hybridized carbons (Fsp3) is 0.875. The van der Waals surface area contributed by atoms with E-state index in [0.29, 0.717) is 6.42 Å². The van der Waals surface area contributed by atoms with E-state index < -0.39 is 9.24 Å². The van der Waals surface area contributed by atoms with Crippen LogP contribution in [0, 0.1) is 0 Å². The van der Waals surface area contributed by atoms with Gasteiger partial charge in [-0.25, -0.2) is 4.31 Å². The fourth-order valence-electron chi connectivity index (χ4n) is 2.20. The summed E-state index contributed by atoms with van der Waals surface area (Å²) >= 11 is 1.73. The Kier molecular flexibility index (Phi) is 2.72. The third-order valence-electron chi connectivity index (χ3n) is 3.09. The van der Waals surface area contributed by atoms with E-state index in [1.54, 1.807) is 11.8 Å². The third kappa shape index (κ3) is 1.87. The number of rotatable bonds is 2. The first-order valence-electron chi connectivity index (χ1n) is 4.75. The van der Waals surface area contributed by atoms with Gasteiger partial charge in [-0.2, -0.15) is 20.2 Å². The summed E-state index contributed by atoms with van der Waals surface area (Å²) in [6.45, 7) is 2.01. The Labute approximate surface area is 97.9 Å². The number of carbonyl (C=O) groups is 1. The first-order chi connectivity index (χ1) is 6.84. The van der Waals surface area contributed by atoms with Crippen molar-refractivity contribution in [1.29, 1.82) is 0 Å². The summed E-state index contributed by atoms with van der Waals surface area (Å²) < 4.78 is 23.1. The second kappa shape index (κ2) is 3.53. The van der Waals surface area contributed by atoms with Crippen molar-refractivity contribution in [1.82, 2.24) is 4.31 Å². The Morgan fingerprint density at radius 3 is 2.67 bits per heavy atom. The number of thioether (sulfide) groups is 1. The average Bonchev–Trinajstić information content (AvgIpc) is 2.45. The monoisotopic (exact) mass is 269 g/mol. The summed E-state index contributed by atoms with van der Waals surface area (Å²) in [5, 5.41) is 0. The molecule has 2 fully saturated rings. The standard InChI is InChI=1S/C8H12ClNO3S2/c1-8(3-2-4-14-8)6-5-7(11)10(6)15(9,12)13/h6H,2-5H2,1H3. The molecule has 2 saturated heterocycles. The Hall–Kier alpha value is 0.0600. The molecule has 2 atom stereocenters. The largest absolute Gasteiger partial charge is 0.324 e. The highest BCUT2D eigenvalue weighted by molar-refractivity contribution is 8.12. The summed E-state index contributed by atoms with van der Waals surface area (Å²) in [5.41, 5.74) is 0. The van der Waals surface area contributed by atoms with Crippen LogP contribution in [0.3, 0.4) is 0 Å². The Bertz CT molecular complexity index is 389. The number of halogens is 1. The van der Waals surface area contributed by atoms with E-state index >= 15 is 0 Å². The lowest BCUT2D eigenvalue weighted by Crippen LogP contribution is -2.61. The number of amides is 1. The smallest absolute Gasteiger partial charge is 0.274 e. The van der Waals surface area contributed by atoms with Crippen LogP contribution >= 0.6 is 22.4 Å². The molecule has 4 nitrogen and oxygen atoms in total. The fourth-order valence-corrected chi connectivity index (χ4v) is 5.14. The highest BCUT2D eigenvalue weighted by Gasteiger charge is 2.54. The van der Waals surface area contributed by atoms with E-state index in [-0.39, 0.29) is 16.7 Å². The molecule has 2 heterocycles. The van der Waals surface area contributed by atoms with Crippen LogP contribution in [-0.2, 0) is 14.0 Å². The van der Waals surface area contributed by atoms with Crippen molar-refractivity contribution >= 4 is 37.6 Å². The predicted molar refractivity (Wildman–Crippen MR) is 60.1 cm³/mol. The first-order valence-corrected chi connectivity index (χ1v) is 8.00. The third-order valence-corrected chi connectivity index (χ3v) is 6.09. The van der Waals surface area contributed by atoms with Crippen molar-refractivity contribution in [3.63, 3.8) is 0 Å². The zero-order chi connectivity index (χ0) is 11.3. The van der Waals surface area contributed by atoms with Crippen LogP contribution in [-0.4, -0.2) is 35.2 Å². The lowest BCUT2D eigenvalue weighted by molar-refractivity contribution is -0.138. The van der Waals surface area contributed by atoms with Crippen molar-refractivity contribution in [2.45, 2.75) is 37.0 Å². The van der Waals surface area contributed by atoms with Crippen molar-refractivity contribution < 1.29 is 13.2 Å². The molecule has 0 radical (unpaired) electrons. The Morgan fingerprint density at radius 2 is 2.27 bits per heavy atom. The summed E-state index contributed by atoms with van der Waals surface area (Å²) in [5.74, 6) is 0.640. The molecule has 2 aliphatic rings. The van der Waals surface area contributed by atoms with Gasteiger partial charge in [-0.05, 0) is 25.5 Å². The number of hydrogen-bond donors (Lipinski definition) is 0. The van der Waals surface area contributed by atoms with Crippen molar-refractivity contribution in [2.24, 2.45) is 0 Å². The molecular weight excluding hydrogens is 258 g/mol. The predicted octanol–water partition coefficient (Wildman–Crippen LogP) is 1.36. The van der Waals surface area contributed by atoms with Gasteiger partial charge in [0.25, 0.3) is 0 Å². The van der Waals surface area contributed by atoms with E-state index in [1.165, 1.54) is 0 Å². The van der Waals surface area contributed by atoms with E-state index in [4.69, 9.17) is 10.7 Å². The molecule has 0 saturated carbocycles. The molecule has 0 aromatic rings. The van der Waals surface area contributed by atoms with Crippen LogP contribution in [0.5, 0.6) is 0 Å². The maximum absolute atomic E-state index is 11.2. The molecule has 2 unspecified atom stereocenters. The zero-order valence-corrected chi connectivity index (χ0v) is 10.7. The quantitative estimate of drug-likeness (QED) is 0.561. The van der Waals surface area contributed by atoms with E-state index in [2.05, 4.69) is 0 Å². The average molecular weight is 270 g/mol. The lowest BCUT2D eigenvalue weighted by Gasteiger charge is -2.45. The van der Waals surface area contributed by atoms with Crippen molar-refractivity contribution in [3.8, 4) is 0 Å². The van der Waals surface area contributed by atoms with E-state index in [9.17, 15) is 13.2 Å². The maximum Gasteiger partial charge on any atom is 0.324 e. The van der Waals surface area contributed by atoms with Gasteiger partial charge in [-0.15, -0.1) is 0 Å². The molecule has 0 bridgehead atoms. The highest BCUT2D eigenvalue weighted by Crippen LogP contribution is 2.47. The van der Waals surface area contributed by atoms with Gasteiger partial charge in [0, 0.05) is 15.4 Å². The van der Waals surface area contributed by atoms with E-state index in [0.717, 1.165) is 22.9 Å². The van der Waals surface area contributed by atoms with Gasteiger partial charge < -0.3 is 0 Å². The summed E-state index contributed by atoms with van der Waals surface area (Å²) in [6, 6.07) is -0.250. The molecule has 0 aliphatic carbocycles. The van der Waals surface area contributed by atoms with Gasteiger partial charge in [0.2, 0.25) is 5.91 Å². The molecule has 7 heteroatoms. The maximum atomic E-state index is 11.2. The van der Waals surface area contributed by atoms with Crippen molar-refractivity contribution in [2.75, 3.05) is 5.75 Å². The Balaban J connectivity index is 2.22. The Morgan fingerprint density at radius 1 is 1.60 bits per heavy atom. The first kappa shape index (κ1) is 11.5. The van der Waals surface area contributed by atoms with Crippen LogP contribution in [0.2, 0.25) is 0 Å². The molecule has 0 spiro atoms. The molecule has 0 aromatic carbocycles. The molecule has 15 heavy (non-hydrogen) atoms. The molecule has 0 aromatic heterocycles. The van der Waals surface area contributed by atoms with Crippen molar-refractivity contribution in [3.05, 3.63) is 0 Å². The van der Waals surface area contributed by atoms with Crippen LogP contribution in [0.15, 0.2) is 0 Å². The van der Waals surface area contributed by atoms with Crippen LogP contribution in [0.1, 0.15) is 26.2 Å². The van der Waals surface area contributed by atoms with Gasteiger partial charge in [-0.1, -0.05) is 0 Å². The minimum Gasteiger partial charge on any atom is -0.274 e. The summed E-state index contributed by atoms with van der Waals surface area (Å²) in [6.07, 6.45) is 2.32.